The van der Waals surface area contributed by atoms with Crippen LogP contribution in [0.25, 0.3) is 0 Å². The fraction of sp³-hybridized carbons (Fsp3) is 0.467. The van der Waals surface area contributed by atoms with E-state index in [0.717, 1.165) is 23.0 Å². The molecule has 2 rings (SSSR count). The van der Waals surface area contributed by atoms with E-state index < -0.39 is 5.91 Å². The lowest BCUT2D eigenvalue weighted by Gasteiger charge is -2.17. The number of anilines is 1. The Bertz CT molecular complexity index is 499. The van der Waals surface area contributed by atoms with Crippen LogP contribution in [0.2, 0.25) is 0 Å². The molecule has 1 aromatic rings. The van der Waals surface area contributed by atoms with Crippen molar-refractivity contribution in [2.24, 2.45) is 0 Å². The number of fused-ring (bicyclic) bond motifs is 1. The molecule has 1 aliphatic rings. The van der Waals surface area contributed by atoms with Crippen LogP contribution in [0, 0.1) is 0 Å². The number of nitrogens with zero attached hydrogens (tertiary/aromatic N) is 1. The number of hydrogen-bond acceptors (Lipinski definition) is 2. The maximum atomic E-state index is 12.0. The summed E-state index contributed by atoms with van der Waals surface area (Å²) >= 11 is 3.43. The Labute approximate surface area is 122 Å². The van der Waals surface area contributed by atoms with E-state index in [0.29, 0.717) is 12.1 Å². The maximum absolute atomic E-state index is 12.0. The van der Waals surface area contributed by atoms with Gasteiger partial charge in [-0.3, -0.25) is 9.59 Å². The van der Waals surface area contributed by atoms with E-state index in [2.05, 4.69) is 22.9 Å². The Morgan fingerprint density at radius 3 is 2.58 bits per heavy atom. The molecule has 0 radical (unpaired) electrons. The van der Waals surface area contributed by atoms with Gasteiger partial charge in [-0.2, -0.15) is 0 Å². The average Bonchev–Trinajstić information content (AvgIpc) is 2.65. The first kappa shape index (κ1) is 14.3. The number of Topliss-reactive ketones (excluding diaryl/α,β-unsaturated/α-hetero) is 1. The lowest BCUT2D eigenvalue weighted by molar-refractivity contribution is -0.114. The second kappa shape index (κ2) is 6.33. The average molecular weight is 324 g/mol. The van der Waals surface area contributed by atoms with Crippen molar-refractivity contribution < 1.29 is 9.59 Å². The minimum Gasteiger partial charge on any atom is -0.304 e. The van der Waals surface area contributed by atoms with Gasteiger partial charge in [0.25, 0.3) is 11.7 Å². The van der Waals surface area contributed by atoms with Crippen LogP contribution in [0.1, 0.15) is 49.4 Å². The Kier molecular flexibility index (Phi) is 4.75. The van der Waals surface area contributed by atoms with Gasteiger partial charge < -0.3 is 4.90 Å². The van der Waals surface area contributed by atoms with Gasteiger partial charge >= 0.3 is 0 Å². The quantitative estimate of drug-likeness (QED) is 0.587. The van der Waals surface area contributed by atoms with Gasteiger partial charge in [-0.05, 0) is 34.5 Å². The normalized spacial score (nSPS) is 14.1. The summed E-state index contributed by atoms with van der Waals surface area (Å²) in [6.45, 7) is 2.81. The monoisotopic (exact) mass is 323 g/mol. The number of para-hydroxylation sites is 1. The van der Waals surface area contributed by atoms with Crippen molar-refractivity contribution >= 4 is 33.3 Å². The summed E-state index contributed by atoms with van der Waals surface area (Å²) in [6.07, 6.45) is 5.67. The fourth-order valence-electron chi connectivity index (χ4n) is 2.40. The topological polar surface area (TPSA) is 37.4 Å². The molecule has 19 heavy (non-hydrogen) atoms. The maximum Gasteiger partial charge on any atom is 0.299 e. The lowest BCUT2D eigenvalue weighted by atomic mass is 10.1. The molecule has 0 N–H and O–H groups in total. The Balaban J connectivity index is 2.06. The SMILES string of the molecule is CCCCCCCN1C(=O)C(=O)c2cccc(Br)c21. The fourth-order valence-corrected chi connectivity index (χ4v) is 2.98. The molecule has 0 aliphatic carbocycles. The zero-order chi connectivity index (χ0) is 13.8. The smallest absolute Gasteiger partial charge is 0.299 e. The molecule has 0 aromatic heterocycles. The highest BCUT2D eigenvalue weighted by molar-refractivity contribution is 9.10. The van der Waals surface area contributed by atoms with E-state index in [9.17, 15) is 9.59 Å². The van der Waals surface area contributed by atoms with Crippen molar-refractivity contribution in [2.45, 2.75) is 39.0 Å². The molecule has 102 valence electrons. The molecule has 0 unspecified atom stereocenters. The number of rotatable bonds is 6. The Morgan fingerprint density at radius 2 is 1.84 bits per heavy atom. The highest BCUT2D eigenvalue weighted by Crippen LogP contribution is 2.36. The van der Waals surface area contributed by atoms with Crippen molar-refractivity contribution in [1.29, 1.82) is 0 Å². The van der Waals surface area contributed by atoms with Crippen molar-refractivity contribution in [3.63, 3.8) is 0 Å². The van der Waals surface area contributed by atoms with Crippen LogP contribution in [0.3, 0.4) is 0 Å². The standard InChI is InChI=1S/C15H18BrNO2/c1-2-3-4-5-6-10-17-13-11(14(18)15(17)19)8-7-9-12(13)16/h7-9H,2-6,10H2,1H3. The van der Waals surface area contributed by atoms with Crippen LogP contribution < -0.4 is 4.90 Å². The van der Waals surface area contributed by atoms with Gasteiger partial charge in [0.15, 0.2) is 0 Å². The van der Waals surface area contributed by atoms with Crippen LogP contribution >= 0.6 is 15.9 Å². The number of hydrogen-bond donors (Lipinski definition) is 0. The molecule has 1 aliphatic heterocycles. The van der Waals surface area contributed by atoms with Crippen molar-refractivity contribution in [2.75, 3.05) is 11.4 Å². The second-order valence-electron chi connectivity index (χ2n) is 4.84. The number of ketones is 1. The summed E-state index contributed by atoms with van der Waals surface area (Å²) in [6, 6.07) is 5.38. The van der Waals surface area contributed by atoms with Gasteiger partial charge in [0.2, 0.25) is 0 Å². The molecule has 0 bridgehead atoms. The molecule has 3 nitrogen and oxygen atoms in total. The number of carbonyl (C=O) groups excluding carboxylic acids is 2. The van der Waals surface area contributed by atoms with Crippen LogP contribution in [0.15, 0.2) is 22.7 Å². The van der Waals surface area contributed by atoms with Gasteiger partial charge in [-0.15, -0.1) is 0 Å². The van der Waals surface area contributed by atoms with Crippen molar-refractivity contribution in [3.8, 4) is 0 Å². The van der Waals surface area contributed by atoms with Crippen molar-refractivity contribution in [1.82, 2.24) is 0 Å². The molecule has 4 heteroatoms. The summed E-state index contributed by atoms with van der Waals surface area (Å²) in [5.74, 6) is -0.776. The Morgan fingerprint density at radius 1 is 1.11 bits per heavy atom. The zero-order valence-electron chi connectivity index (χ0n) is 11.1. The molecular formula is C15H18BrNO2. The van der Waals surface area contributed by atoms with E-state index in [1.165, 1.54) is 19.3 Å². The lowest BCUT2D eigenvalue weighted by Crippen LogP contribution is -2.30. The minimum absolute atomic E-state index is 0.384. The van der Waals surface area contributed by atoms with Crippen LogP contribution in [0.4, 0.5) is 5.69 Å². The van der Waals surface area contributed by atoms with E-state index in [1.54, 1.807) is 17.0 Å². The summed E-state index contributed by atoms with van der Waals surface area (Å²) in [5, 5.41) is 0. The van der Waals surface area contributed by atoms with Gasteiger partial charge in [-0.25, -0.2) is 0 Å². The number of halogens is 1. The highest BCUT2D eigenvalue weighted by atomic mass is 79.9. The first-order valence-corrected chi connectivity index (χ1v) is 7.60. The number of unbranched alkanes of at least 4 members (excludes halogenated alkanes) is 4. The molecule has 0 saturated carbocycles. The van der Waals surface area contributed by atoms with Gasteiger partial charge in [0.05, 0.1) is 11.3 Å². The summed E-state index contributed by atoms with van der Waals surface area (Å²) in [5.41, 5.74) is 1.26. The number of carbonyl (C=O) groups is 2. The third-order valence-electron chi connectivity index (χ3n) is 3.43. The second-order valence-corrected chi connectivity index (χ2v) is 5.69. The molecule has 1 aromatic carbocycles. The molecule has 1 heterocycles. The molecule has 0 atom stereocenters. The van der Waals surface area contributed by atoms with Crippen LogP contribution in [-0.4, -0.2) is 18.2 Å². The molecule has 0 saturated heterocycles. The van der Waals surface area contributed by atoms with E-state index in [1.807, 2.05) is 6.07 Å². The van der Waals surface area contributed by atoms with Crippen molar-refractivity contribution in [3.05, 3.63) is 28.2 Å². The summed E-state index contributed by atoms with van der Waals surface area (Å²) in [7, 11) is 0. The first-order valence-electron chi connectivity index (χ1n) is 6.81. The van der Waals surface area contributed by atoms with E-state index in [4.69, 9.17) is 0 Å². The van der Waals surface area contributed by atoms with Crippen LogP contribution in [0.5, 0.6) is 0 Å². The van der Waals surface area contributed by atoms with Gasteiger partial charge in [-0.1, -0.05) is 38.7 Å². The third kappa shape index (κ3) is 2.89. The zero-order valence-corrected chi connectivity index (χ0v) is 12.7. The highest BCUT2D eigenvalue weighted by Gasteiger charge is 2.36. The molecular weight excluding hydrogens is 306 g/mol. The molecule has 1 amide bonds. The summed E-state index contributed by atoms with van der Waals surface area (Å²) in [4.78, 5) is 25.5. The van der Waals surface area contributed by atoms with Gasteiger partial charge in [0.1, 0.15) is 0 Å². The predicted octanol–water partition coefficient (Wildman–Crippen LogP) is 3.95. The van der Waals surface area contributed by atoms with E-state index in [-0.39, 0.29) is 5.78 Å². The number of benzene rings is 1. The predicted molar refractivity (Wildman–Crippen MR) is 79.6 cm³/mol. The molecule has 0 spiro atoms. The minimum atomic E-state index is -0.391. The Hall–Kier alpha value is -1.16. The van der Waals surface area contributed by atoms with Crippen LogP contribution in [-0.2, 0) is 4.79 Å². The van der Waals surface area contributed by atoms with E-state index >= 15 is 0 Å². The first-order chi connectivity index (χ1) is 9.16. The largest absolute Gasteiger partial charge is 0.304 e. The third-order valence-corrected chi connectivity index (χ3v) is 4.07. The molecule has 0 fully saturated rings. The van der Waals surface area contributed by atoms with Gasteiger partial charge in [0, 0.05) is 11.0 Å². The summed E-state index contributed by atoms with van der Waals surface area (Å²) < 4.78 is 0.817. The number of amides is 1.